The SMILES string of the molecule is CCCNCC1(CN2CC3CCC2C3)CCOCC1. The fourth-order valence-electron chi connectivity index (χ4n) is 4.38. The minimum absolute atomic E-state index is 0.484. The number of piperidine rings is 1. The quantitative estimate of drug-likeness (QED) is 0.746. The largest absolute Gasteiger partial charge is 0.381 e. The van der Waals surface area contributed by atoms with E-state index < -0.39 is 0 Å². The van der Waals surface area contributed by atoms with Gasteiger partial charge in [0, 0.05) is 38.9 Å². The van der Waals surface area contributed by atoms with E-state index in [0.717, 1.165) is 31.7 Å². The van der Waals surface area contributed by atoms with Crippen LogP contribution in [0.25, 0.3) is 0 Å². The molecular weight excluding hydrogens is 236 g/mol. The van der Waals surface area contributed by atoms with Crippen LogP contribution in [0.5, 0.6) is 0 Å². The summed E-state index contributed by atoms with van der Waals surface area (Å²) in [5, 5.41) is 3.68. The third-order valence-electron chi connectivity index (χ3n) is 5.54. The summed E-state index contributed by atoms with van der Waals surface area (Å²) >= 11 is 0. The van der Waals surface area contributed by atoms with Crippen molar-refractivity contribution >= 4 is 0 Å². The van der Waals surface area contributed by atoms with E-state index in [0.29, 0.717) is 5.41 Å². The molecule has 2 bridgehead atoms. The Labute approximate surface area is 118 Å². The maximum absolute atomic E-state index is 5.61. The van der Waals surface area contributed by atoms with Gasteiger partial charge in [-0.1, -0.05) is 6.92 Å². The van der Waals surface area contributed by atoms with Gasteiger partial charge < -0.3 is 10.1 Å². The van der Waals surface area contributed by atoms with Crippen molar-refractivity contribution in [2.24, 2.45) is 11.3 Å². The van der Waals surface area contributed by atoms with E-state index >= 15 is 0 Å². The predicted octanol–water partition coefficient (Wildman–Crippen LogP) is 2.27. The first-order valence-corrected chi connectivity index (χ1v) is 8.34. The second kappa shape index (κ2) is 6.11. The molecule has 0 aromatic rings. The van der Waals surface area contributed by atoms with Crippen molar-refractivity contribution in [2.75, 3.05) is 39.4 Å². The van der Waals surface area contributed by atoms with Crippen LogP contribution in [0.15, 0.2) is 0 Å². The summed E-state index contributed by atoms with van der Waals surface area (Å²) in [6, 6.07) is 0.913. The molecule has 3 heteroatoms. The van der Waals surface area contributed by atoms with E-state index in [4.69, 9.17) is 4.74 Å². The van der Waals surface area contributed by atoms with Crippen LogP contribution in [0, 0.1) is 11.3 Å². The van der Waals surface area contributed by atoms with Gasteiger partial charge in [-0.3, -0.25) is 4.90 Å². The van der Waals surface area contributed by atoms with Crippen LogP contribution in [0.4, 0.5) is 0 Å². The van der Waals surface area contributed by atoms with Crippen molar-refractivity contribution in [1.29, 1.82) is 0 Å². The Bertz CT molecular complexity index is 288. The van der Waals surface area contributed by atoms with Crippen molar-refractivity contribution < 1.29 is 4.74 Å². The number of nitrogens with zero attached hydrogens (tertiary/aromatic N) is 1. The van der Waals surface area contributed by atoms with Crippen LogP contribution >= 0.6 is 0 Å². The Hall–Kier alpha value is -0.120. The van der Waals surface area contributed by atoms with Crippen molar-refractivity contribution in [3.05, 3.63) is 0 Å². The first-order chi connectivity index (χ1) is 9.31. The van der Waals surface area contributed by atoms with E-state index in [1.807, 2.05) is 0 Å². The molecule has 19 heavy (non-hydrogen) atoms. The molecule has 3 rings (SSSR count). The number of rotatable bonds is 6. The molecule has 2 aliphatic heterocycles. The lowest BCUT2D eigenvalue weighted by molar-refractivity contribution is -0.00924. The standard InChI is InChI=1S/C16H30N2O/c1-2-7-17-12-16(5-8-19-9-6-16)13-18-11-14-3-4-15(18)10-14/h14-15,17H,2-13H2,1H3. The summed E-state index contributed by atoms with van der Waals surface area (Å²) in [5.74, 6) is 1.02. The molecule has 0 aromatic heterocycles. The highest BCUT2D eigenvalue weighted by molar-refractivity contribution is 4.96. The third-order valence-corrected chi connectivity index (χ3v) is 5.54. The normalized spacial score (nSPS) is 33.9. The fourth-order valence-corrected chi connectivity index (χ4v) is 4.38. The lowest BCUT2D eigenvalue weighted by Crippen LogP contribution is -2.49. The van der Waals surface area contributed by atoms with Crippen LogP contribution in [0.3, 0.4) is 0 Å². The van der Waals surface area contributed by atoms with Gasteiger partial charge in [0.2, 0.25) is 0 Å². The third kappa shape index (κ3) is 3.14. The number of hydrogen-bond acceptors (Lipinski definition) is 3. The van der Waals surface area contributed by atoms with Gasteiger partial charge in [-0.25, -0.2) is 0 Å². The summed E-state index contributed by atoms with van der Waals surface area (Å²) in [6.07, 6.45) is 8.16. The molecule has 2 heterocycles. The highest BCUT2D eigenvalue weighted by Crippen LogP contribution is 2.41. The van der Waals surface area contributed by atoms with Crippen LogP contribution in [-0.2, 0) is 4.74 Å². The van der Waals surface area contributed by atoms with Gasteiger partial charge in [0.05, 0.1) is 0 Å². The van der Waals surface area contributed by atoms with Crippen molar-refractivity contribution in [1.82, 2.24) is 10.2 Å². The maximum atomic E-state index is 5.61. The summed E-state index contributed by atoms with van der Waals surface area (Å²) in [5.41, 5.74) is 0.484. The first-order valence-electron chi connectivity index (χ1n) is 8.34. The highest BCUT2D eigenvalue weighted by atomic mass is 16.5. The predicted molar refractivity (Wildman–Crippen MR) is 78.3 cm³/mol. The summed E-state index contributed by atoms with van der Waals surface area (Å²) < 4.78 is 5.61. The van der Waals surface area contributed by atoms with Gasteiger partial charge in [0.25, 0.3) is 0 Å². The van der Waals surface area contributed by atoms with Crippen LogP contribution < -0.4 is 5.32 Å². The molecule has 110 valence electrons. The molecule has 1 N–H and O–H groups in total. The molecule has 3 aliphatic rings. The summed E-state index contributed by atoms with van der Waals surface area (Å²) in [4.78, 5) is 2.81. The molecule has 2 unspecified atom stereocenters. The Morgan fingerprint density at radius 2 is 2.11 bits per heavy atom. The summed E-state index contributed by atoms with van der Waals surface area (Å²) in [7, 11) is 0. The van der Waals surface area contributed by atoms with Gasteiger partial charge in [-0.2, -0.15) is 0 Å². The molecule has 3 nitrogen and oxygen atoms in total. The average Bonchev–Trinajstić information content (AvgIpc) is 3.02. The monoisotopic (exact) mass is 266 g/mol. The second-order valence-corrected chi connectivity index (χ2v) is 7.05. The van der Waals surface area contributed by atoms with Gasteiger partial charge in [0.1, 0.15) is 0 Å². The number of ether oxygens (including phenoxy) is 1. The number of fused-ring (bicyclic) bond motifs is 2. The van der Waals surface area contributed by atoms with E-state index in [2.05, 4.69) is 17.1 Å². The zero-order valence-electron chi connectivity index (χ0n) is 12.5. The van der Waals surface area contributed by atoms with Crippen LogP contribution in [0.2, 0.25) is 0 Å². The van der Waals surface area contributed by atoms with Crippen molar-refractivity contribution in [3.8, 4) is 0 Å². The summed E-state index contributed by atoms with van der Waals surface area (Å²) in [6.45, 7) is 9.23. The van der Waals surface area contributed by atoms with E-state index in [-0.39, 0.29) is 0 Å². The van der Waals surface area contributed by atoms with Crippen molar-refractivity contribution in [3.63, 3.8) is 0 Å². The topological polar surface area (TPSA) is 24.5 Å². The second-order valence-electron chi connectivity index (χ2n) is 7.05. The Balaban J connectivity index is 1.58. The number of nitrogens with one attached hydrogen (secondary N) is 1. The van der Waals surface area contributed by atoms with E-state index in [1.54, 1.807) is 0 Å². The molecule has 1 saturated carbocycles. The molecule has 0 radical (unpaired) electrons. The molecule has 2 atom stereocenters. The van der Waals surface area contributed by atoms with Crippen LogP contribution in [0.1, 0.15) is 45.4 Å². The zero-order chi connectivity index (χ0) is 13.1. The molecule has 1 aliphatic carbocycles. The van der Waals surface area contributed by atoms with E-state index in [1.165, 1.54) is 58.2 Å². The lowest BCUT2D eigenvalue weighted by atomic mass is 9.79. The number of likely N-dealkylation sites (tertiary alicyclic amines) is 1. The number of hydrogen-bond donors (Lipinski definition) is 1. The molecule has 2 saturated heterocycles. The highest BCUT2D eigenvalue weighted by Gasteiger charge is 2.42. The Kier molecular flexibility index (Phi) is 4.45. The van der Waals surface area contributed by atoms with Crippen molar-refractivity contribution in [2.45, 2.75) is 51.5 Å². The maximum Gasteiger partial charge on any atom is 0.0472 e. The average molecular weight is 266 g/mol. The Morgan fingerprint density at radius 1 is 1.26 bits per heavy atom. The fraction of sp³-hybridized carbons (Fsp3) is 1.00. The minimum Gasteiger partial charge on any atom is -0.381 e. The molecule has 0 spiro atoms. The van der Waals surface area contributed by atoms with Gasteiger partial charge >= 0.3 is 0 Å². The molecule has 0 amide bonds. The molecular formula is C16H30N2O. The molecule has 3 fully saturated rings. The first kappa shape index (κ1) is 13.8. The van der Waals surface area contributed by atoms with E-state index in [9.17, 15) is 0 Å². The Morgan fingerprint density at radius 3 is 2.74 bits per heavy atom. The molecule has 0 aromatic carbocycles. The van der Waals surface area contributed by atoms with Gasteiger partial charge in [-0.05, 0) is 56.4 Å². The van der Waals surface area contributed by atoms with Crippen LogP contribution in [-0.4, -0.2) is 50.3 Å². The zero-order valence-corrected chi connectivity index (χ0v) is 12.5. The van der Waals surface area contributed by atoms with Gasteiger partial charge in [-0.15, -0.1) is 0 Å². The minimum atomic E-state index is 0.484. The smallest absolute Gasteiger partial charge is 0.0472 e. The lowest BCUT2D eigenvalue weighted by Gasteiger charge is -2.42. The van der Waals surface area contributed by atoms with Gasteiger partial charge in [0.15, 0.2) is 0 Å².